The normalized spacial score (nSPS) is 19.4. The van der Waals surface area contributed by atoms with Crippen molar-refractivity contribution in [2.45, 2.75) is 52.2 Å². The lowest BCUT2D eigenvalue weighted by molar-refractivity contribution is 0.125. The number of hydrogen-bond donors (Lipinski definition) is 2. The van der Waals surface area contributed by atoms with Crippen LogP contribution in [0.3, 0.4) is 0 Å². The summed E-state index contributed by atoms with van der Waals surface area (Å²) in [7, 11) is 1.89. The van der Waals surface area contributed by atoms with E-state index in [2.05, 4.69) is 48.3 Å². The molecule has 140 valence electrons. The quantitative estimate of drug-likeness (QED) is 0.831. The molecule has 0 saturated carbocycles. The number of aliphatic hydroxyl groups is 1. The number of carbonyl (C=O) groups excluding carboxylic acids is 1. The Balaban J connectivity index is 1.88. The van der Waals surface area contributed by atoms with Crippen LogP contribution in [0.5, 0.6) is 0 Å². The Morgan fingerprint density at radius 1 is 1.40 bits per heavy atom. The van der Waals surface area contributed by atoms with Crippen LogP contribution in [0.25, 0.3) is 0 Å². The molecule has 0 aromatic heterocycles. The van der Waals surface area contributed by atoms with E-state index in [0.717, 1.165) is 25.9 Å². The number of carbonyl (C=O) groups is 1. The van der Waals surface area contributed by atoms with Gasteiger partial charge in [-0.2, -0.15) is 0 Å². The zero-order chi connectivity index (χ0) is 18.4. The number of nitrogens with one attached hydrogen (secondary N) is 1. The van der Waals surface area contributed by atoms with E-state index < -0.39 is 0 Å². The van der Waals surface area contributed by atoms with Gasteiger partial charge in [0, 0.05) is 32.4 Å². The standard InChI is InChI=1S/C20H33N3O2/c1-16(24)13-20(2,3)15-21-19(25)22(4)18-11-8-12-23(14-18)17-9-6-5-7-10-17/h5-7,9-10,16,18,24H,8,11-15H2,1-4H3,(H,21,25). The van der Waals surface area contributed by atoms with Crippen LogP contribution in [0.1, 0.15) is 40.0 Å². The number of likely N-dealkylation sites (N-methyl/N-ethyl adjacent to an activating group) is 1. The lowest BCUT2D eigenvalue weighted by Gasteiger charge is -2.39. The van der Waals surface area contributed by atoms with Gasteiger partial charge in [-0.05, 0) is 43.7 Å². The molecule has 0 radical (unpaired) electrons. The lowest BCUT2D eigenvalue weighted by atomic mass is 9.87. The minimum absolute atomic E-state index is 0.0291. The van der Waals surface area contributed by atoms with Gasteiger partial charge in [0.05, 0.1) is 12.1 Å². The van der Waals surface area contributed by atoms with Crippen molar-refractivity contribution in [2.24, 2.45) is 5.41 Å². The molecule has 2 amide bonds. The minimum Gasteiger partial charge on any atom is -0.393 e. The highest BCUT2D eigenvalue weighted by Crippen LogP contribution is 2.23. The molecule has 1 aromatic carbocycles. The van der Waals surface area contributed by atoms with Gasteiger partial charge < -0.3 is 20.2 Å². The van der Waals surface area contributed by atoms with E-state index in [1.807, 2.05) is 18.0 Å². The van der Waals surface area contributed by atoms with Crippen LogP contribution in [-0.2, 0) is 0 Å². The molecule has 1 heterocycles. The smallest absolute Gasteiger partial charge is 0.317 e. The fraction of sp³-hybridized carbons (Fsp3) is 0.650. The molecule has 0 bridgehead atoms. The van der Waals surface area contributed by atoms with Crippen LogP contribution in [0.15, 0.2) is 30.3 Å². The number of anilines is 1. The Bertz CT molecular complexity index is 545. The molecule has 2 rings (SSSR count). The predicted molar refractivity (Wildman–Crippen MR) is 103 cm³/mol. The third kappa shape index (κ3) is 5.92. The molecule has 0 spiro atoms. The SMILES string of the molecule is CC(O)CC(C)(C)CNC(=O)N(C)C1CCCN(c2ccccc2)C1. The molecule has 1 fully saturated rings. The summed E-state index contributed by atoms with van der Waals surface area (Å²) in [5, 5.41) is 12.6. The predicted octanol–water partition coefficient (Wildman–Crippen LogP) is 3.09. The minimum atomic E-state index is -0.359. The monoisotopic (exact) mass is 347 g/mol. The van der Waals surface area contributed by atoms with Gasteiger partial charge in [-0.15, -0.1) is 0 Å². The Morgan fingerprint density at radius 3 is 2.72 bits per heavy atom. The van der Waals surface area contributed by atoms with Crippen molar-refractivity contribution < 1.29 is 9.90 Å². The average molecular weight is 348 g/mol. The van der Waals surface area contributed by atoms with Crippen LogP contribution in [0.2, 0.25) is 0 Å². The van der Waals surface area contributed by atoms with Crippen LogP contribution in [0.4, 0.5) is 10.5 Å². The van der Waals surface area contributed by atoms with Gasteiger partial charge in [0.25, 0.3) is 0 Å². The molecule has 5 heteroatoms. The number of benzene rings is 1. The molecule has 2 atom stereocenters. The highest BCUT2D eigenvalue weighted by molar-refractivity contribution is 5.74. The number of piperidine rings is 1. The van der Waals surface area contributed by atoms with Crippen LogP contribution < -0.4 is 10.2 Å². The molecule has 1 aromatic rings. The highest BCUT2D eigenvalue weighted by atomic mass is 16.3. The number of nitrogens with zero attached hydrogens (tertiary/aromatic N) is 2. The summed E-state index contributed by atoms with van der Waals surface area (Å²) in [5.74, 6) is 0. The first-order chi connectivity index (χ1) is 11.8. The number of para-hydroxylation sites is 1. The van der Waals surface area contributed by atoms with E-state index in [1.54, 1.807) is 6.92 Å². The Labute approximate surface area is 152 Å². The molecule has 5 nitrogen and oxygen atoms in total. The summed E-state index contributed by atoms with van der Waals surface area (Å²) < 4.78 is 0. The largest absolute Gasteiger partial charge is 0.393 e. The van der Waals surface area contributed by atoms with Crippen molar-refractivity contribution in [1.82, 2.24) is 10.2 Å². The van der Waals surface area contributed by atoms with E-state index in [0.29, 0.717) is 13.0 Å². The summed E-state index contributed by atoms with van der Waals surface area (Å²) >= 11 is 0. The summed E-state index contributed by atoms with van der Waals surface area (Å²) in [5.41, 5.74) is 1.10. The van der Waals surface area contributed by atoms with Gasteiger partial charge in [0.15, 0.2) is 0 Å². The summed E-state index contributed by atoms with van der Waals surface area (Å²) in [4.78, 5) is 16.7. The second-order valence-electron chi connectivity index (χ2n) is 8.06. The van der Waals surface area contributed by atoms with E-state index in [-0.39, 0.29) is 23.6 Å². The molecule has 2 unspecified atom stereocenters. The maximum Gasteiger partial charge on any atom is 0.317 e. The molecular weight excluding hydrogens is 314 g/mol. The average Bonchev–Trinajstić information content (AvgIpc) is 2.59. The van der Waals surface area contributed by atoms with Crippen molar-refractivity contribution in [3.05, 3.63) is 30.3 Å². The fourth-order valence-electron chi connectivity index (χ4n) is 3.62. The Kier molecular flexibility index (Phi) is 6.71. The highest BCUT2D eigenvalue weighted by Gasteiger charge is 2.27. The first kappa shape index (κ1) is 19.6. The van der Waals surface area contributed by atoms with Gasteiger partial charge >= 0.3 is 6.03 Å². The van der Waals surface area contributed by atoms with E-state index >= 15 is 0 Å². The van der Waals surface area contributed by atoms with Gasteiger partial charge in [0.2, 0.25) is 0 Å². The van der Waals surface area contributed by atoms with Crippen molar-refractivity contribution in [3.8, 4) is 0 Å². The first-order valence-electron chi connectivity index (χ1n) is 9.27. The number of aliphatic hydroxyl groups excluding tert-OH is 1. The number of amides is 2. The molecular formula is C20H33N3O2. The molecule has 1 aliphatic rings. The number of hydrogen-bond acceptors (Lipinski definition) is 3. The van der Waals surface area contributed by atoms with Gasteiger partial charge in [0.1, 0.15) is 0 Å². The molecule has 1 saturated heterocycles. The molecule has 1 aliphatic heterocycles. The molecule has 25 heavy (non-hydrogen) atoms. The van der Waals surface area contributed by atoms with Crippen molar-refractivity contribution in [3.63, 3.8) is 0 Å². The van der Waals surface area contributed by atoms with Crippen molar-refractivity contribution in [1.29, 1.82) is 0 Å². The zero-order valence-electron chi connectivity index (χ0n) is 16.0. The topological polar surface area (TPSA) is 55.8 Å². The van der Waals surface area contributed by atoms with Crippen molar-refractivity contribution in [2.75, 3.05) is 31.6 Å². The summed E-state index contributed by atoms with van der Waals surface area (Å²) in [6.45, 7) is 8.39. The second-order valence-corrected chi connectivity index (χ2v) is 8.06. The Hall–Kier alpha value is -1.75. The molecule has 2 N–H and O–H groups in total. The Morgan fingerprint density at radius 2 is 2.08 bits per heavy atom. The first-order valence-corrected chi connectivity index (χ1v) is 9.27. The van der Waals surface area contributed by atoms with Crippen LogP contribution >= 0.6 is 0 Å². The van der Waals surface area contributed by atoms with E-state index in [9.17, 15) is 9.90 Å². The lowest BCUT2D eigenvalue weighted by Crippen LogP contribution is -2.52. The van der Waals surface area contributed by atoms with E-state index in [4.69, 9.17) is 0 Å². The molecule has 0 aliphatic carbocycles. The number of rotatable bonds is 6. The van der Waals surface area contributed by atoms with Gasteiger partial charge in [-0.3, -0.25) is 0 Å². The third-order valence-electron chi connectivity index (χ3n) is 4.95. The van der Waals surface area contributed by atoms with Gasteiger partial charge in [-0.25, -0.2) is 4.79 Å². The van der Waals surface area contributed by atoms with Crippen molar-refractivity contribution >= 4 is 11.7 Å². The summed E-state index contributed by atoms with van der Waals surface area (Å²) in [6.07, 6.45) is 2.43. The van der Waals surface area contributed by atoms with Crippen LogP contribution in [-0.4, -0.2) is 54.9 Å². The second kappa shape index (κ2) is 8.56. The fourth-order valence-corrected chi connectivity index (χ4v) is 3.62. The third-order valence-corrected chi connectivity index (χ3v) is 4.95. The van der Waals surface area contributed by atoms with Gasteiger partial charge in [-0.1, -0.05) is 32.0 Å². The summed E-state index contributed by atoms with van der Waals surface area (Å²) in [6, 6.07) is 10.6. The van der Waals surface area contributed by atoms with E-state index in [1.165, 1.54) is 5.69 Å². The maximum absolute atomic E-state index is 12.6. The van der Waals surface area contributed by atoms with Crippen LogP contribution in [0, 0.1) is 5.41 Å². The maximum atomic E-state index is 12.6. The number of urea groups is 1. The zero-order valence-corrected chi connectivity index (χ0v) is 16.0.